The molecule has 3 heteroatoms. The lowest BCUT2D eigenvalue weighted by Gasteiger charge is -2.38. The number of hydrogen-bond donors (Lipinski definition) is 2. The molecule has 0 aromatic rings. The van der Waals surface area contributed by atoms with E-state index in [1.807, 2.05) is 0 Å². The van der Waals surface area contributed by atoms with Crippen LogP contribution in [-0.4, -0.2) is 17.2 Å². The van der Waals surface area contributed by atoms with Crippen molar-refractivity contribution in [3.8, 4) is 0 Å². The van der Waals surface area contributed by atoms with E-state index in [9.17, 15) is 4.79 Å². The van der Waals surface area contributed by atoms with Gasteiger partial charge in [0, 0.05) is 6.04 Å². The monoisotopic (exact) mass is 225 g/mol. The van der Waals surface area contributed by atoms with Gasteiger partial charge in [-0.2, -0.15) is 0 Å². The molecule has 0 radical (unpaired) electrons. The summed E-state index contributed by atoms with van der Waals surface area (Å²) in [6.07, 6.45) is 10.6. The summed E-state index contributed by atoms with van der Waals surface area (Å²) in [5, 5.41) is 11.6. The minimum absolute atomic E-state index is 0.231. The lowest BCUT2D eigenvalue weighted by atomic mass is 9.71. The molecule has 1 amide bonds. The van der Waals surface area contributed by atoms with Gasteiger partial charge < -0.3 is 10.4 Å². The molecule has 2 N–H and O–H groups in total. The van der Waals surface area contributed by atoms with Gasteiger partial charge >= 0.3 is 6.09 Å². The van der Waals surface area contributed by atoms with Crippen LogP contribution in [0.25, 0.3) is 0 Å². The van der Waals surface area contributed by atoms with E-state index >= 15 is 0 Å². The maximum atomic E-state index is 10.8. The number of hydrogen-bond acceptors (Lipinski definition) is 1. The zero-order valence-corrected chi connectivity index (χ0v) is 9.95. The first-order valence-electron chi connectivity index (χ1n) is 6.77. The molecule has 0 aromatic heterocycles. The molecule has 3 nitrogen and oxygen atoms in total. The highest BCUT2D eigenvalue weighted by Gasteiger charge is 2.33. The second-order valence-electron chi connectivity index (χ2n) is 5.40. The van der Waals surface area contributed by atoms with Crippen molar-refractivity contribution in [1.82, 2.24) is 5.32 Å². The third kappa shape index (κ3) is 2.89. The summed E-state index contributed by atoms with van der Waals surface area (Å²) in [7, 11) is 0. The first kappa shape index (κ1) is 11.7. The van der Waals surface area contributed by atoms with Crippen LogP contribution in [-0.2, 0) is 0 Å². The molecule has 16 heavy (non-hydrogen) atoms. The third-order valence-corrected chi connectivity index (χ3v) is 4.38. The molecule has 2 aliphatic carbocycles. The van der Waals surface area contributed by atoms with Crippen molar-refractivity contribution in [2.24, 2.45) is 11.8 Å². The molecule has 92 valence electrons. The molecule has 0 spiro atoms. The van der Waals surface area contributed by atoms with Gasteiger partial charge in [-0.05, 0) is 24.7 Å². The van der Waals surface area contributed by atoms with E-state index < -0.39 is 6.09 Å². The smallest absolute Gasteiger partial charge is 0.404 e. The maximum absolute atomic E-state index is 10.8. The van der Waals surface area contributed by atoms with Gasteiger partial charge in [-0.25, -0.2) is 4.79 Å². The highest BCUT2D eigenvalue weighted by atomic mass is 16.4. The van der Waals surface area contributed by atoms with Crippen LogP contribution in [0.3, 0.4) is 0 Å². The van der Waals surface area contributed by atoms with Crippen LogP contribution in [0.15, 0.2) is 0 Å². The molecule has 0 saturated heterocycles. The Morgan fingerprint density at radius 3 is 2.25 bits per heavy atom. The Morgan fingerprint density at radius 2 is 1.56 bits per heavy atom. The fourth-order valence-electron chi connectivity index (χ4n) is 3.62. The van der Waals surface area contributed by atoms with Gasteiger partial charge in [0.15, 0.2) is 0 Å². The van der Waals surface area contributed by atoms with Gasteiger partial charge in [-0.3, -0.25) is 0 Å². The van der Waals surface area contributed by atoms with Crippen molar-refractivity contribution in [3.63, 3.8) is 0 Å². The highest BCUT2D eigenvalue weighted by Crippen LogP contribution is 2.38. The zero-order chi connectivity index (χ0) is 11.4. The van der Waals surface area contributed by atoms with Crippen LogP contribution < -0.4 is 5.32 Å². The van der Waals surface area contributed by atoms with Crippen molar-refractivity contribution in [2.45, 2.75) is 63.8 Å². The van der Waals surface area contributed by atoms with Crippen LogP contribution >= 0.6 is 0 Å². The summed E-state index contributed by atoms with van der Waals surface area (Å²) < 4.78 is 0. The highest BCUT2D eigenvalue weighted by molar-refractivity contribution is 5.64. The number of carbonyl (C=O) groups is 1. The minimum Gasteiger partial charge on any atom is -0.465 e. The van der Waals surface area contributed by atoms with Crippen LogP contribution in [0.4, 0.5) is 4.79 Å². The second kappa shape index (κ2) is 5.55. The number of rotatable bonds is 2. The molecule has 2 unspecified atom stereocenters. The summed E-state index contributed by atoms with van der Waals surface area (Å²) in [6.45, 7) is 0. The largest absolute Gasteiger partial charge is 0.465 e. The molecule has 2 aliphatic rings. The lowest BCUT2D eigenvalue weighted by Crippen LogP contribution is -2.44. The summed E-state index contributed by atoms with van der Waals surface area (Å²) in [4.78, 5) is 10.8. The first-order chi connectivity index (χ1) is 7.77. The quantitative estimate of drug-likeness (QED) is 0.756. The molecular formula is C13H23NO2. The molecule has 2 saturated carbocycles. The Kier molecular flexibility index (Phi) is 4.08. The summed E-state index contributed by atoms with van der Waals surface area (Å²) in [6, 6.07) is 0.231. The Labute approximate surface area is 97.6 Å². The van der Waals surface area contributed by atoms with Gasteiger partial charge in [-0.1, -0.05) is 44.9 Å². The third-order valence-electron chi connectivity index (χ3n) is 4.38. The van der Waals surface area contributed by atoms with Crippen molar-refractivity contribution in [3.05, 3.63) is 0 Å². The number of amides is 1. The van der Waals surface area contributed by atoms with Gasteiger partial charge in [0.25, 0.3) is 0 Å². The summed E-state index contributed by atoms with van der Waals surface area (Å²) >= 11 is 0. The molecule has 0 bridgehead atoms. The van der Waals surface area contributed by atoms with Gasteiger partial charge in [0.05, 0.1) is 0 Å². The average Bonchev–Trinajstić information content (AvgIpc) is 2.30. The summed E-state index contributed by atoms with van der Waals surface area (Å²) in [5.74, 6) is 1.40. The molecule has 2 fully saturated rings. The van der Waals surface area contributed by atoms with Gasteiger partial charge in [0.2, 0.25) is 0 Å². The molecule has 2 atom stereocenters. The Morgan fingerprint density at radius 1 is 0.938 bits per heavy atom. The Bertz CT molecular complexity index is 236. The molecule has 0 aliphatic heterocycles. The van der Waals surface area contributed by atoms with Crippen molar-refractivity contribution in [1.29, 1.82) is 0 Å². The number of nitrogens with one attached hydrogen (secondary N) is 1. The van der Waals surface area contributed by atoms with E-state index in [1.54, 1.807) is 0 Å². The molecular weight excluding hydrogens is 202 g/mol. The predicted molar refractivity (Wildman–Crippen MR) is 63.5 cm³/mol. The van der Waals surface area contributed by atoms with Crippen molar-refractivity contribution < 1.29 is 9.90 Å². The number of carboxylic acid groups (broad SMARTS) is 1. The lowest BCUT2D eigenvalue weighted by molar-refractivity contribution is 0.136. The fraction of sp³-hybridized carbons (Fsp3) is 0.923. The first-order valence-corrected chi connectivity index (χ1v) is 6.77. The van der Waals surface area contributed by atoms with E-state index in [0.29, 0.717) is 5.92 Å². The molecule has 2 rings (SSSR count). The molecule has 0 heterocycles. The van der Waals surface area contributed by atoms with Crippen LogP contribution in [0.2, 0.25) is 0 Å². The van der Waals surface area contributed by atoms with Crippen LogP contribution in [0, 0.1) is 11.8 Å². The van der Waals surface area contributed by atoms with Crippen LogP contribution in [0.5, 0.6) is 0 Å². The van der Waals surface area contributed by atoms with Crippen molar-refractivity contribution >= 4 is 6.09 Å². The van der Waals surface area contributed by atoms with Gasteiger partial charge in [-0.15, -0.1) is 0 Å². The minimum atomic E-state index is -0.840. The van der Waals surface area contributed by atoms with E-state index in [4.69, 9.17) is 5.11 Å². The van der Waals surface area contributed by atoms with Crippen molar-refractivity contribution in [2.75, 3.05) is 0 Å². The van der Waals surface area contributed by atoms with Gasteiger partial charge in [0.1, 0.15) is 0 Å². The SMILES string of the molecule is O=C(O)NC1CCCCC1C1CCCCC1. The standard InChI is InChI=1S/C13H23NO2/c15-13(16)14-12-9-5-4-8-11(12)10-6-2-1-3-7-10/h10-12,14H,1-9H2,(H,15,16). The van der Waals surface area contributed by atoms with E-state index in [0.717, 1.165) is 12.3 Å². The van der Waals surface area contributed by atoms with E-state index in [-0.39, 0.29) is 6.04 Å². The molecule has 0 aromatic carbocycles. The topological polar surface area (TPSA) is 49.3 Å². The second-order valence-corrected chi connectivity index (χ2v) is 5.40. The normalized spacial score (nSPS) is 32.2. The van der Waals surface area contributed by atoms with Crippen LogP contribution in [0.1, 0.15) is 57.8 Å². The van der Waals surface area contributed by atoms with E-state index in [2.05, 4.69) is 5.32 Å². The summed E-state index contributed by atoms with van der Waals surface area (Å²) in [5.41, 5.74) is 0. The zero-order valence-electron chi connectivity index (χ0n) is 9.95. The fourth-order valence-corrected chi connectivity index (χ4v) is 3.62. The predicted octanol–water partition coefficient (Wildman–Crippen LogP) is 3.39. The maximum Gasteiger partial charge on any atom is 0.404 e. The Balaban J connectivity index is 1.94. The Hall–Kier alpha value is -0.730. The van der Waals surface area contributed by atoms with E-state index in [1.165, 1.54) is 51.4 Å². The average molecular weight is 225 g/mol.